The van der Waals surface area contributed by atoms with Gasteiger partial charge in [0.25, 0.3) is 0 Å². The first-order chi connectivity index (χ1) is 13.7. The third-order valence-corrected chi connectivity index (χ3v) is 5.76. The number of rotatable bonds is 2. The molecule has 1 unspecified atom stereocenters. The van der Waals surface area contributed by atoms with Crippen LogP contribution in [-0.4, -0.2) is 6.61 Å². The highest BCUT2D eigenvalue weighted by Gasteiger charge is 2.46. The minimum absolute atomic E-state index is 0.666. The van der Waals surface area contributed by atoms with Gasteiger partial charge in [0.1, 0.15) is 5.76 Å². The number of halogens is 2. The van der Waals surface area contributed by atoms with Crippen LogP contribution in [0, 0.1) is 0 Å². The summed E-state index contributed by atoms with van der Waals surface area (Å²) in [7, 11) is 0. The van der Waals surface area contributed by atoms with Gasteiger partial charge < -0.3 is 9.47 Å². The summed E-state index contributed by atoms with van der Waals surface area (Å²) in [4.78, 5) is 0. The van der Waals surface area contributed by atoms with E-state index in [1.165, 1.54) is 0 Å². The molecule has 2 aliphatic heterocycles. The highest BCUT2D eigenvalue weighted by molar-refractivity contribution is 6.31. The van der Waals surface area contributed by atoms with Gasteiger partial charge in [-0.3, -0.25) is 0 Å². The largest absolute Gasteiger partial charge is 0.457 e. The van der Waals surface area contributed by atoms with Crippen LogP contribution >= 0.6 is 23.2 Å². The second-order valence-corrected chi connectivity index (χ2v) is 7.95. The second kappa shape index (κ2) is 6.97. The molecular formula is C24H18Cl2O2. The molecular weight excluding hydrogens is 391 g/mol. The quantitative estimate of drug-likeness (QED) is 0.458. The molecule has 28 heavy (non-hydrogen) atoms. The van der Waals surface area contributed by atoms with Gasteiger partial charge in [0, 0.05) is 33.2 Å². The fourth-order valence-corrected chi connectivity index (χ4v) is 4.48. The van der Waals surface area contributed by atoms with Crippen molar-refractivity contribution in [2.75, 3.05) is 6.61 Å². The van der Waals surface area contributed by atoms with Gasteiger partial charge in [-0.25, -0.2) is 0 Å². The molecule has 2 nitrogen and oxygen atoms in total. The van der Waals surface area contributed by atoms with Crippen LogP contribution in [0.5, 0.6) is 0 Å². The molecule has 0 bridgehead atoms. The van der Waals surface area contributed by atoms with Crippen molar-refractivity contribution >= 4 is 34.5 Å². The van der Waals surface area contributed by atoms with E-state index in [2.05, 4.69) is 18.2 Å². The van der Waals surface area contributed by atoms with Crippen LogP contribution in [0.4, 0.5) is 0 Å². The molecule has 3 aromatic rings. The van der Waals surface area contributed by atoms with Crippen molar-refractivity contribution in [2.24, 2.45) is 0 Å². The first-order valence-electron chi connectivity index (χ1n) is 9.35. The number of hydrogen-bond acceptors (Lipinski definition) is 2. The Balaban J connectivity index is 1.83. The van der Waals surface area contributed by atoms with Gasteiger partial charge in [-0.15, -0.1) is 0 Å². The van der Waals surface area contributed by atoms with E-state index in [1.54, 1.807) is 0 Å². The zero-order chi connectivity index (χ0) is 19.1. The topological polar surface area (TPSA) is 18.5 Å². The zero-order valence-electron chi connectivity index (χ0n) is 15.1. The lowest BCUT2D eigenvalue weighted by Crippen LogP contribution is -2.32. The molecule has 1 saturated heterocycles. The maximum atomic E-state index is 6.67. The van der Waals surface area contributed by atoms with Crippen molar-refractivity contribution < 1.29 is 9.47 Å². The Labute approximate surface area is 174 Å². The molecule has 2 heterocycles. The molecule has 140 valence electrons. The summed E-state index contributed by atoms with van der Waals surface area (Å²) in [5, 5.41) is 1.35. The highest BCUT2D eigenvalue weighted by Crippen LogP contribution is 2.51. The number of hydrogen-bond donors (Lipinski definition) is 0. The van der Waals surface area contributed by atoms with Crippen molar-refractivity contribution in [3.63, 3.8) is 0 Å². The Kier molecular flexibility index (Phi) is 4.43. The maximum absolute atomic E-state index is 6.67. The molecule has 0 aliphatic carbocycles. The van der Waals surface area contributed by atoms with Crippen molar-refractivity contribution in [3.8, 4) is 0 Å². The standard InChI is InChI=1S/C24H18Cl2O2/c25-18-8-3-6-16(14-18)22-20-10-1-2-11-21(20)24(12-5-13-27-24)28-23(22)17-7-4-9-19(26)15-17/h1-4,6-11,14-15H,5,12-13H2. The molecule has 2 aliphatic rings. The molecule has 0 radical (unpaired) electrons. The zero-order valence-corrected chi connectivity index (χ0v) is 16.6. The fourth-order valence-electron chi connectivity index (χ4n) is 4.10. The predicted octanol–water partition coefficient (Wildman–Crippen LogP) is 6.90. The average Bonchev–Trinajstić information content (AvgIpc) is 3.17. The summed E-state index contributed by atoms with van der Waals surface area (Å²) in [5.41, 5.74) is 5.09. The van der Waals surface area contributed by atoms with E-state index >= 15 is 0 Å². The lowest BCUT2D eigenvalue weighted by molar-refractivity contribution is -0.177. The number of fused-ring (bicyclic) bond motifs is 2. The first kappa shape index (κ1) is 17.8. The summed E-state index contributed by atoms with van der Waals surface area (Å²) in [5.74, 6) is 0.0152. The molecule has 0 aromatic heterocycles. The minimum Gasteiger partial charge on any atom is -0.457 e. The highest BCUT2D eigenvalue weighted by atomic mass is 35.5. The summed E-state index contributed by atoms with van der Waals surface area (Å²) in [6, 6.07) is 23.9. The smallest absolute Gasteiger partial charge is 0.238 e. The summed E-state index contributed by atoms with van der Waals surface area (Å²) in [6.45, 7) is 0.684. The van der Waals surface area contributed by atoms with Crippen LogP contribution in [0.25, 0.3) is 11.3 Å². The molecule has 0 amide bonds. The Morgan fingerprint density at radius 3 is 2.21 bits per heavy atom. The van der Waals surface area contributed by atoms with E-state index in [0.29, 0.717) is 16.7 Å². The first-order valence-corrected chi connectivity index (χ1v) is 10.1. The molecule has 4 heteroatoms. The van der Waals surface area contributed by atoms with Crippen LogP contribution in [0.1, 0.15) is 35.1 Å². The SMILES string of the molecule is Clc1cccc(C2=C(c3cccc(Cl)c3)c3ccccc3C3(CCCO3)O2)c1. The van der Waals surface area contributed by atoms with Gasteiger partial charge in [0.05, 0.1) is 6.61 Å². The van der Waals surface area contributed by atoms with Gasteiger partial charge >= 0.3 is 0 Å². The van der Waals surface area contributed by atoms with Crippen molar-refractivity contribution in [1.82, 2.24) is 0 Å². The van der Waals surface area contributed by atoms with Crippen LogP contribution in [0.2, 0.25) is 10.0 Å². The molecule has 1 fully saturated rings. The number of ether oxygens (including phenoxy) is 2. The van der Waals surface area contributed by atoms with Gasteiger partial charge in [-0.2, -0.15) is 0 Å². The lowest BCUT2D eigenvalue weighted by atomic mass is 9.84. The summed E-state index contributed by atoms with van der Waals surface area (Å²) < 4.78 is 12.8. The molecule has 1 atom stereocenters. The molecule has 1 spiro atoms. The fraction of sp³-hybridized carbons (Fsp3) is 0.167. The Bertz CT molecular complexity index is 1080. The molecule has 5 rings (SSSR count). The normalized spacial score (nSPS) is 20.9. The molecule has 0 N–H and O–H groups in total. The maximum Gasteiger partial charge on any atom is 0.238 e. The Morgan fingerprint density at radius 1 is 0.786 bits per heavy atom. The van der Waals surface area contributed by atoms with Gasteiger partial charge in [0.15, 0.2) is 0 Å². The van der Waals surface area contributed by atoms with E-state index in [-0.39, 0.29) is 0 Å². The second-order valence-electron chi connectivity index (χ2n) is 7.08. The van der Waals surface area contributed by atoms with E-state index in [4.69, 9.17) is 32.7 Å². The predicted molar refractivity (Wildman–Crippen MR) is 113 cm³/mol. The Hall–Kier alpha value is -2.26. The van der Waals surface area contributed by atoms with E-state index in [0.717, 1.165) is 46.4 Å². The van der Waals surface area contributed by atoms with Gasteiger partial charge in [0.2, 0.25) is 5.79 Å². The molecule has 0 saturated carbocycles. The summed E-state index contributed by atoms with van der Waals surface area (Å²) >= 11 is 12.6. The van der Waals surface area contributed by atoms with Crippen molar-refractivity contribution in [2.45, 2.75) is 18.6 Å². The van der Waals surface area contributed by atoms with Crippen LogP contribution in [0.3, 0.4) is 0 Å². The monoisotopic (exact) mass is 408 g/mol. The van der Waals surface area contributed by atoms with Crippen molar-refractivity contribution in [1.29, 1.82) is 0 Å². The lowest BCUT2D eigenvalue weighted by Gasteiger charge is -2.38. The third kappa shape index (κ3) is 2.93. The summed E-state index contributed by atoms with van der Waals surface area (Å²) in [6.07, 6.45) is 1.78. The molecule has 3 aromatic carbocycles. The van der Waals surface area contributed by atoms with Gasteiger partial charge in [-0.1, -0.05) is 71.7 Å². The van der Waals surface area contributed by atoms with E-state index in [9.17, 15) is 0 Å². The minimum atomic E-state index is -0.754. The van der Waals surface area contributed by atoms with E-state index < -0.39 is 5.79 Å². The van der Waals surface area contributed by atoms with Gasteiger partial charge in [-0.05, 0) is 41.8 Å². The van der Waals surface area contributed by atoms with Crippen LogP contribution in [-0.2, 0) is 15.3 Å². The number of benzene rings is 3. The third-order valence-electron chi connectivity index (χ3n) is 5.29. The van der Waals surface area contributed by atoms with Crippen LogP contribution in [0.15, 0.2) is 72.8 Å². The Morgan fingerprint density at radius 2 is 1.50 bits per heavy atom. The van der Waals surface area contributed by atoms with E-state index in [1.807, 2.05) is 54.6 Å². The van der Waals surface area contributed by atoms with Crippen LogP contribution < -0.4 is 0 Å². The average molecular weight is 409 g/mol. The van der Waals surface area contributed by atoms with Crippen molar-refractivity contribution in [3.05, 3.63) is 105 Å².